The smallest absolute Gasteiger partial charge is 0.285 e. The molecule has 0 saturated heterocycles. The number of ether oxygens (including phenoxy) is 2. The van der Waals surface area contributed by atoms with Crippen molar-refractivity contribution in [3.05, 3.63) is 15.4 Å². The van der Waals surface area contributed by atoms with Crippen LogP contribution in [0.15, 0.2) is 4.79 Å². The Kier molecular flexibility index (Phi) is 7.84. The molecule has 1 heterocycles. The first kappa shape index (κ1) is 24.2. The zero-order valence-electron chi connectivity index (χ0n) is 19.2. The third-order valence-corrected chi connectivity index (χ3v) is 9.04. The minimum absolute atomic E-state index is 0.0780. The molecule has 8 heteroatoms. The maximum absolute atomic E-state index is 12.1. The summed E-state index contributed by atoms with van der Waals surface area (Å²) in [6, 6.07) is 1.25. The molecule has 0 radical (unpaired) electrons. The van der Waals surface area contributed by atoms with Gasteiger partial charge in [-0.05, 0) is 35.6 Å². The van der Waals surface area contributed by atoms with Crippen LogP contribution in [0, 0.1) is 23.2 Å². The average Bonchev–Trinajstić information content (AvgIpc) is 2.62. The van der Waals surface area contributed by atoms with Gasteiger partial charge in [-0.3, -0.25) is 4.79 Å². The van der Waals surface area contributed by atoms with Gasteiger partial charge in [-0.25, -0.2) is 5.10 Å². The molecule has 1 saturated carbocycles. The van der Waals surface area contributed by atoms with E-state index >= 15 is 0 Å². The lowest BCUT2D eigenvalue weighted by molar-refractivity contribution is 0.0185. The van der Waals surface area contributed by atoms with Gasteiger partial charge in [-0.2, -0.15) is 0 Å². The van der Waals surface area contributed by atoms with Gasteiger partial charge in [0.05, 0.1) is 0 Å². The molecule has 0 amide bonds. The van der Waals surface area contributed by atoms with E-state index < -0.39 is 13.6 Å². The predicted octanol–water partition coefficient (Wildman–Crippen LogP) is 5.23. The molecule has 2 rings (SSSR count). The molecule has 2 N–H and O–H groups in total. The Morgan fingerprint density at radius 2 is 1.93 bits per heavy atom. The Balaban J connectivity index is 2.11. The molecular formula is C21H38ClN3O3Si. The third-order valence-electron chi connectivity index (χ3n) is 6.97. The van der Waals surface area contributed by atoms with E-state index in [1.807, 2.05) is 0 Å². The number of halogens is 1. The van der Waals surface area contributed by atoms with Gasteiger partial charge in [0.15, 0.2) is 6.79 Å². The van der Waals surface area contributed by atoms with E-state index in [0.717, 1.165) is 12.5 Å². The van der Waals surface area contributed by atoms with Gasteiger partial charge in [0.25, 0.3) is 11.4 Å². The molecule has 0 aliphatic heterocycles. The molecule has 1 aliphatic rings. The summed E-state index contributed by atoms with van der Waals surface area (Å²) < 4.78 is 11.3. The lowest BCUT2D eigenvalue weighted by Gasteiger charge is -2.50. The standard InChI is InChI=1S/C21H38ClN3O3Si/c1-13-11-16(14(2)15(3)21(13,4)5)23-18-17(22)19(26)24-25-20(18)28-12-27-9-10-29(6,7)8/h13-16H,9-12H2,1-8H3,(H2,23,24,26)/t13-,14+,15+,16+/m0/s1. The molecule has 6 nitrogen and oxygen atoms in total. The van der Waals surface area contributed by atoms with E-state index in [4.69, 9.17) is 21.1 Å². The molecule has 4 atom stereocenters. The normalized spacial score (nSPS) is 26.9. The Morgan fingerprint density at radius 3 is 2.55 bits per heavy atom. The van der Waals surface area contributed by atoms with Crippen molar-refractivity contribution in [1.29, 1.82) is 0 Å². The zero-order valence-corrected chi connectivity index (χ0v) is 20.9. The largest absolute Gasteiger partial charge is 0.448 e. The van der Waals surface area contributed by atoms with Gasteiger partial charge in [0.1, 0.15) is 10.7 Å². The van der Waals surface area contributed by atoms with Crippen molar-refractivity contribution >= 4 is 25.4 Å². The molecule has 1 fully saturated rings. The monoisotopic (exact) mass is 443 g/mol. The fourth-order valence-electron chi connectivity index (χ4n) is 3.93. The Labute approximate surface area is 181 Å². The van der Waals surface area contributed by atoms with Gasteiger partial charge in [-0.1, -0.05) is 65.9 Å². The van der Waals surface area contributed by atoms with Crippen molar-refractivity contribution in [3.8, 4) is 5.88 Å². The molecule has 1 aromatic heterocycles. The van der Waals surface area contributed by atoms with Crippen molar-refractivity contribution in [3.63, 3.8) is 0 Å². The summed E-state index contributed by atoms with van der Waals surface area (Å²) in [5, 5.41) is 10.0. The predicted molar refractivity (Wildman–Crippen MR) is 123 cm³/mol. The summed E-state index contributed by atoms with van der Waals surface area (Å²) in [6.07, 6.45) is 0.994. The molecule has 0 unspecified atom stereocenters. The van der Waals surface area contributed by atoms with Crippen molar-refractivity contribution in [2.24, 2.45) is 23.2 Å². The van der Waals surface area contributed by atoms with Crippen molar-refractivity contribution in [2.45, 2.75) is 72.8 Å². The molecule has 166 valence electrons. The SMILES string of the molecule is C[C@@H]1[C@@H](C)C(C)(C)[C@@H](C)C[C@H]1Nc1c(OCOCC[Si](C)(C)C)n[nH]c(=O)c1Cl. The van der Waals surface area contributed by atoms with Gasteiger partial charge in [-0.15, -0.1) is 5.10 Å². The highest BCUT2D eigenvalue weighted by molar-refractivity contribution is 6.76. The highest BCUT2D eigenvalue weighted by atomic mass is 35.5. The van der Waals surface area contributed by atoms with Crippen LogP contribution in [0.2, 0.25) is 30.7 Å². The van der Waals surface area contributed by atoms with Gasteiger partial charge >= 0.3 is 0 Å². The fourth-order valence-corrected chi connectivity index (χ4v) is 4.86. The first-order chi connectivity index (χ1) is 13.3. The number of aromatic amines is 1. The summed E-state index contributed by atoms with van der Waals surface area (Å²) in [5.74, 6) is 1.75. The van der Waals surface area contributed by atoms with Crippen LogP contribution in [0.25, 0.3) is 0 Å². The van der Waals surface area contributed by atoms with Crippen LogP contribution in [0.4, 0.5) is 5.69 Å². The van der Waals surface area contributed by atoms with Crippen LogP contribution in [0.1, 0.15) is 41.0 Å². The van der Waals surface area contributed by atoms with Crippen LogP contribution >= 0.6 is 11.6 Å². The highest BCUT2D eigenvalue weighted by Gasteiger charge is 2.44. The van der Waals surface area contributed by atoms with Crippen molar-refractivity contribution in [2.75, 3.05) is 18.7 Å². The van der Waals surface area contributed by atoms with Gasteiger partial charge in [0.2, 0.25) is 0 Å². The van der Waals surface area contributed by atoms with Crippen LogP contribution in [-0.2, 0) is 4.74 Å². The van der Waals surface area contributed by atoms with Crippen molar-refractivity contribution < 1.29 is 9.47 Å². The van der Waals surface area contributed by atoms with Gasteiger partial charge < -0.3 is 14.8 Å². The number of aromatic nitrogens is 2. The second kappa shape index (κ2) is 9.39. The van der Waals surface area contributed by atoms with Crippen LogP contribution < -0.4 is 15.6 Å². The second-order valence-corrected chi connectivity index (χ2v) is 16.4. The first-order valence-electron chi connectivity index (χ1n) is 10.6. The fraction of sp³-hybridized carbons (Fsp3) is 0.810. The molecule has 29 heavy (non-hydrogen) atoms. The van der Waals surface area contributed by atoms with Crippen LogP contribution in [0.3, 0.4) is 0 Å². The number of anilines is 1. The molecule has 1 aliphatic carbocycles. The lowest BCUT2D eigenvalue weighted by atomic mass is 9.58. The molecular weight excluding hydrogens is 406 g/mol. The van der Waals surface area contributed by atoms with Crippen LogP contribution in [-0.4, -0.2) is 37.7 Å². The summed E-state index contributed by atoms with van der Waals surface area (Å²) in [7, 11) is -1.15. The first-order valence-corrected chi connectivity index (χ1v) is 14.7. The molecule has 0 spiro atoms. The number of rotatable bonds is 8. The van der Waals surface area contributed by atoms with E-state index in [1.165, 1.54) is 0 Å². The Morgan fingerprint density at radius 1 is 1.28 bits per heavy atom. The summed E-state index contributed by atoms with van der Waals surface area (Å²) >= 11 is 6.33. The van der Waals surface area contributed by atoms with Crippen molar-refractivity contribution in [1.82, 2.24) is 10.2 Å². The maximum atomic E-state index is 12.1. The highest BCUT2D eigenvalue weighted by Crippen LogP contribution is 2.48. The topological polar surface area (TPSA) is 76.2 Å². The minimum Gasteiger partial charge on any atom is -0.448 e. The lowest BCUT2D eigenvalue weighted by Crippen LogP contribution is -2.48. The minimum atomic E-state index is -1.15. The van der Waals surface area contributed by atoms with Gasteiger partial charge in [0, 0.05) is 20.7 Å². The Hall–Kier alpha value is -1.05. The molecule has 0 bridgehead atoms. The van der Waals surface area contributed by atoms with E-state index in [1.54, 1.807) is 0 Å². The van der Waals surface area contributed by atoms with E-state index in [0.29, 0.717) is 30.0 Å². The summed E-state index contributed by atoms with van der Waals surface area (Å²) in [5.41, 5.74) is 0.295. The second-order valence-electron chi connectivity index (χ2n) is 10.4. The summed E-state index contributed by atoms with van der Waals surface area (Å²) in [6.45, 7) is 19.2. The zero-order chi connectivity index (χ0) is 22.0. The van der Waals surface area contributed by atoms with E-state index in [-0.39, 0.29) is 29.2 Å². The number of nitrogens with one attached hydrogen (secondary N) is 2. The number of H-pyrrole nitrogens is 1. The number of hydrogen-bond donors (Lipinski definition) is 2. The number of hydrogen-bond acceptors (Lipinski definition) is 5. The third kappa shape index (κ3) is 5.98. The number of nitrogens with zero attached hydrogens (tertiary/aromatic N) is 1. The molecule has 0 aromatic carbocycles. The van der Waals surface area contributed by atoms with E-state index in [9.17, 15) is 4.79 Å². The summed E-state index contributed by atoms with van der Waals surface area (Å²) in [4.78, 5) is 12.1. The maximum Gasteiger partial charge on any atom is 0.285 e. The average molecular weight is 444 g/mol. The van der Waals surface area contributed by atoms with Crippen LogP contribution in [0.5, 0.6) is 5.88 Å². The quantitative estimate of drug-likeness (QED) is 0.326. The van der Waals surface area contributed by atoms with E-state index in [2.05, 4.69) is 69.8 Å². The Bertz CT molecular complexity index is 748. The molecule has 1 aromatic rings.